The van der Waals surface area contributed by atoms with Crippen molar-refractivity contribution in [3.63, 3.8) is 0 Å². The first kappa shape index (κ1) is 24.3. The standard InChI is InChI=1S/C30H22N2O6/c33-28-25(31-29(34)36-23-17-9-3-10-18-23)27(38-30(35)37-24-19-11-4-12-20-24)26(21-13-5-1-6-14-21)32(28)22-15-7-2-8-16-22/h1-20,26H,(H,31,34). The second-order valence-electron chi connectivity index (χ2n) is 8.16. The first-order valence-corrected chi connectivity index (χ1v) is 11.8. The van der Waals surface area contributed by atoms with Crippen LogP contribution in [0.25, 0.3) is 0 Å². The first-order valence-electron chi connectivity index (χ1n) is 11.8. The van der Waals surface area contributed by atoms with Gasteiger partial charge < -0.3 is 14.2 Å². The molecule has 0 aromatic heterocycles. The lowest BCUT2D eigenvalue weighted by atomic mass is 10.0. The van der Waals surface area contributed by atoms with Crippen molar-refractivity contribution in [3.05, 3.63) is 138 Å². The number of rotatable bonds is 6. The smallest absolute Gasteiger partial charge is 0.410 e. The predicted molar refractivity (Wildman–Crippen MR) is 139 cm³/mol. The molecule has 0 spiro atoms. The summed E-state index contributed by atoms with van der Waals surface area (Å²) in [7, 11) is 0. The fourth-order valence-electron chi connectivity index (χ4n) is 4.03. The summed E-state index contributed by atoms with van der Waals surface area (Å²) in [5.74, 6) is -0.147. The molecule has 0 saturated heterocycles. The highest BCUT2D eigenvalue weighted by Gasteiger charge is 2.45. The molecule has 0 radical (unpaired) electrons. The molecule has 5 rings (SSSR count). The Morgan fingerprint density at radius 2 is 1.13 bits per heavy atom. The van der Waals surface area contributed by atoms with Crippen molar-refractivity contribution in [1.29, 1.82) is 0 Å². The molecule has 0 fully saturated rings. The number of nitrogens with one attached hydrogen (secondary N) is 1. The van der Waals surface area contributed by atoms with Gasteiger partial charge in [0.05, 0.1) is 0 Å². The van der Waals surface area contributed by atoms with Gasteiger partial charge in [0.25, 0.3) is 5.91 Å². The van der Waals surface area contributed by atoms with Gasteiger partial charge in [0.2, 0.25) is 0 Å². The highest BCUT2D eigenvalue weighted by atomic mass is 16.7. The molecule has 4 aromatic rings. The van der Waals surface area contributed by atoms with Crippen molar-refractivity contribution in [2.75, 3.05) is 4.90 Å². The van der Waals surface area contributed by atoms with Gasteiger partial charge in [-0.1, -0.05) is 84.9 Å². The summed E-state index contributed by atoms with van der Waals surface area (Å²) >= 11 is 0. The number of para-hydroxylation sites is 3. The third-order valence-corrected chi connectivity index (χ3v) is 5.65. The molecule has 0 saturated carbocycles. The minimum absolute atomic E-state index is 0.101. The number of hydrogen-bond donors (Lipinski definition) is 1. The highest BCUT2D eigenvalue weighted by Crippen LogP contribution is 2.41. The third-order valence-electron chi connectivity index (χ3n) is 5.65. The fraction of sp³-hybridized carbons (Fsp3) is 0.0333. The van der Waals surface area contributed by atoms with Gasteiger partial charge >= 0.3 is 12.2 Å². The zero-order chi connectivity index (χ0) is 26.3. The highest BCUT2D eigenvalue weighted by molar-refractivity contribution is 6.11. The Morgan fingerprint density at radius 3 is 1.71 bits per heavy atom. The van der Waals surface area contributed by atoms with Crippen molar-refractivity contribution < 1.29 is 28.6 Å². The number of nitrogens with zero attached hydrogens (tertiary/aromatic N) is 1. The van der Waals surface area contributed by atoms with E-state index in [1.165, 1.54) is 4.90 Å². The topological polar surface area (TPSA) is 94.2 Å². The first-order chi connectivity index (χ1) is 18.6. The van der Waals surface area contributed by atoms with Crippen molar-refractivity contribution >= 4 is 23.8 Å². The van der Waals surface area contributed by atoms with Crippen LogP contribution >= 0.6 is 0 Å². The average molecular weight is 507 g/mol. The minimum Gasteiger partial charge on any atom is -0.410 e. The number of ether oxygens (including phenoxy) is 3. The summed E-state index contributed by atoms with van der Waals surface area (Å²) in [4.78, 5) is 40.9. The molecule has 1 unspecified atom stereocenters. The molecule has 2 amide bonds. The van der Waals surface area contributed by atoms with Crippen LogP contribution in [0.4, 0.5) is 15.3 Å². The molecule has 0 bridgehead atoms. The van der Waals surface area contributed by atoms with Gasteiger partial charge in [-0.15, -0.1) is 0 Å². The fourth-order valence-corrected chi connectivity index (χ4v) is 4.03. The lowest BCUT2D eigenvalue weighted by Crippen LogP contribution is -2.35. The summed E-state index contributed by atoms with van der Waals surface area (Å²) in [6.45, 7) is 0. The number of carbonyl (C=O) groups excluding carboxylic acids is 3. The van der Waals surface area contributed by atoms with E-state index < -0.39 is 24.2 Å². The number of amides is 2. The van der Waals surface area contributed by atoms with E-state index in [0.717, 1.165) is 0 Å². The van der Waals surface area contributed by atoms with Crippen LogP contribution in [0.5, 0.6) is 11.5 Å². The van der Waals surface area contributed by atoms with Crippen LogP contribution in [0, 0.1) is 0 Å². The van der Waals surface area contributed by atoms with Gasteiger partial charge in [-0.05, 0) is 42.0 Å². The zero-order valence-corrected chi connectivity index (χ0v) is 20.0. The van der Waals surface area contributed by atoms with E-state index in [2.05, 4.69) is 5.32 Å². The maximum atomic E-state index is 13.8. The van der Waals surface area contributed by atoms with Crippen LogP contribution in [0.3, 0.4) is 0 Å². The second-order valence-corrected chi connectivity index (χ2v) is 8.16. The lowest BCUT2D eigenvalue weighted by molar-refractivity contribution is -0.115. The molecule has 38 heavy (non-hydrogen) atoms. The summed E-state index contributed by atoms with van der Waals surface area (Å²) < 4.78 is 16.3. The quantitative estimate of drug-likeness (QED) is 0.255. The Morgan fingerprint density at radius 1 is 0.632 bits per heavy atom. The molecule has 1 aliphatic heterocycles. The number of hydrogen-bond acceptors (Lipinski definition) is 6. The minimum atomic E-state index is -1.06. The predicted octanol–water partition coefficient (Wildman–Crippen LogP) is 5.99. The van der Waals surface area contributed by atoms with Crippen LogP contribution in [-0.2, 0) is 9.53 Å². The van der Waals surface area contributed by atoms with Crippen LogP contribution in [0.1, 0.15) is 11.6 Å². The lowest BCUT2D eigenvalue weighted by Gasteiger charge is -2.26. The molecule has 8 nitrogen and oxygen atoms in total. The van der Waals surface area contributed by atoms with Crippen LogP contribution < -0.4 is 19.7 Å². The van der Waals surface area contributed by atoms with Crippen molar-refractivity contribution in [2.45, 2.75) is 6.04 Å². The number of carbonyl (C=O) groups is 3. The van der Waals surface area contributed by atoms with Gasteiger partial charge in [0.15, 0.2) is 11.5 Å². The SMILES string of the molecule is O=C(NC1=C(OC(=O)Oc2ccccc2)C(c2ccccc2)N(c2ccccc2)C1=O)Oc1ccccc1. The van der Waals surface area contributed by atoms with E-state index >= 15 is 0 Å². The Bertz CT molecular complexity index is 1460. The summed E-state index contributed by atoms with van der Waals surface area (Å²) in [5.41, 5.74) is 0.950. The van der Waals surface area contributed by atoms with Crippen molar-refractivity contribution in [1.82, 2.24) is 5.32 Å². The largest absolute Gasteiger partial charge is 0.519 e. The Kier molecular flexibility index (Phi) is 7.13. The molecular formula is C30H22N2O6. The maximum absolute atomic E-state index is 13.8. The normalized spacial score (nSPS) is 14.7. The molecule has 1 atom stereocenters. The van der Waals surface area contributed by atoms with Crippen LogP contribution in [0.15, 0.2) is 133 Å². The van der Waals surface area contributed by atoms with Gasteiger partial charge in [-0.2, -0.15) is 0 Å². The Balaban J connectivity index is 1.54. The van der Waals surface area contributed by atoms with Gasteiger partial charge in [0.1, 0.15) is 17.5 Å². The number of benzene rings is 4. The summed E-state index contributed by atoms with van der Waals surface area (Å²) in [6, 6.07) is 33.8. The zero-order valence-electron chi connectivity index (χ0n) is 20.0. The van der Waals surface area contributed by atoms with Crippen molar-refractivity contribution in [3.8, 4) is 11.5 Å². The molecule has 4 aromatic carbocycles. The molecule has 1 heterocycles. The van der Waals surface area contributed by atoms with Gasteiger partial charge in [0, 0.05) is 5.69 Å². The van der Waals surface area contributed by atoms with E-state index in [4.69, 9.17) is 14.2 Å². The van der Waals surface area contributed by atoms with Gasteiger partial charge in [-0.3, -0.25) is 15.0 Å². The third kappa shape index (κ3) is 5.39. The van der Waals surface area contributed by atoms with E-state index in [0.29, 0.717) is 11.3 Å². The van der Waals surface area contributed by atoms with E-state index in [9.17, 15) is 14.4 Å². The van der Waals surface area contributed by atoms with Crippen LogP contribution in [-0.4, -0.2) is 18.2 Å². The molecule has 188 valence electrons. The van der Waals surface area contributed by atoms with Gasteiger partial charge in [-0.25, -0.2) is 9.59 Å². The Hall–Kier alpha value is -5.37. The van der Waals surface area contributed by atoms with E-state index in [-0.39, 0.29) is 23.0 Å². The Labute approximate surface area is 218 Å². The molecule has 1 N–H and O–H groups in total. The number of anilines is 1. The van der Waals surface area contributed by atoms with E-state index in [1.54, 1.807) is 109 Å². The maximum Gasteiger partial charge on any atom is 0.519 e. The second kappa shape index (κ2) is 11.1. The van der Waals surface area contributed by atoms with Crippen molar-refractivity contribution in [2.24, 2.45) is 0 Å². The summed E-state index contributed by atoms with van der Waals surface area (Å²) in [5, 5.41) is 2.49. The average Bonchev–Trinajstić information content (AvgIpc) is 3.21. The molecule has 0 aliphatic carbocycles. The monoisotopic (exact) mass is 506 g/mol. The summed E-state index contributed by atoms with van der Waals surface area (Å²) in [6.07, 6.45) is -1.98. The van der Waals surface area contributed by atoms with Crippen LogP contribution in [0.2, 0.25) is 0 Å². The molecule has 8 heteroatoms. The molecular weight excluding hydrogens is 484 g/mol. The van der Waals surface area contributed by atoms with E-state index in [1.807, 2.05) is 12.1 Å². The molecule has 1 aliphatic rings.